The number of carbonyl (C=O) groups is 1. The Bertz CT molecular complexity index is 960. The van der Waals surface area contributed by atoms with E-state index in [1.807, 2.05) is 0 Å². The smallest absolute Gasteiger partial charge is 0.333 e. The van der Waals surface area contributed by atoms with Gasteiger partial charge in [-0.1, -0.05) is 29.4 Å². The highest BCUT2D eigenvalue weighted by atomic mass is 32.2. The van der Waals surface area contributed by atoms with Crippen molar-refractivity contribution in [1.82, 2.24) is 4.73 Å². The second kappa shape index (κ2) is 7.78. The van der Waals surface area contributed by atoms with E-state index in [2.05, 4.69) is 14.9 Å². The second-order valence-electron chi connectivity index (χ2n) is 5.13. The number of hydrogen-bond acceptors (Lipinski definition) is 7. The molecule has 2 rings (SSSR count). The van der Waals surface area contributed by atoms with Crippen LogP contribution in [0.3, 0.4) is 0 Å². The summed E-state index contributed by atoms with van der Waals surface area (Å²) in [6.07, 6.45) is 0.787. The summed E-state index contributed by atoms with van der Waals surface area (Å²) >= 11 is 0. The van der Waals surface area contributed by atoms with Crippen molar-refractivity contribution in [2.24, 2.45) is 5.11 Å². The maximum atomic E-state index is 11.8. The number of aromatic hydroxyl groups is 2. The fourth-order valence-electron chi connectivity index (χ4n) is 2.09. The van der Waals surface area contributed by atoms with E-state index >= 15 is 0 Å². The first-order chi connectivity index (χ1) is 12.2. The quantitative estimate of drug-likeness (QED) is 0.284. The summed E-state index contributed by atoms with van der Waals surface area (Å²) in [6.45, 7) is 0. The molecule has 0 amide bonds. The lowest BCUT2D eigenvalue weighted by Crippen LogP contribution is -2.19. The minimum absolute atomic E-state index is 0.0869. The van der Waals surface area contributed by atoms with Crippen LogP contribution in [0, 0.1) is 0 Å². The molecule has 0 saturated heterocycles. The highest BCUT2D eigenvalue weighted by Gasteiger charge is 2.25. The Morgan fingerprint density at radius 3 is 2.46 bits per heavy atom. The van der Waals surface area contributed by atoms with E-state index in [1.54, 1.807) is 24.3 Å². The third-order valence-corrected chi connectivity index (χ3v) is 4.15. The lowest BCUT2D eigenvalue weighted by atomic mass is 10.1. The van der Waals surface area contributed by atoms with E-state index in [1.165, 1.54) is 0 Å². The third-order valence-electron chi connectivity index (χ3n) is 3.29. The zero-order chi connectivity index (χ0) is 19.3. The topological polar surface area (TPSA) is 175 Å². The van der Waals surface area contributed by atoms with Crippen LogP contribution in [-0.4, -0.2) is 33.9 Å². The number of benzene rings is 1. The number of aryl methyl sites for hydroxylation is 1. The predicted octanol–water partition coefficient (Wildman–Crippen LogP) is 2.07. The molecular weight excluding hydrogens is 368 g/mol. The van der Waals surface area contributed by atoms with Gasteiger partial charge in [-0.25, -0.2) is 4.79 Å². The van der Waals surface area contributed by atoms with E-state index in [0.717, 1.165) is 5.56 Å². The first-order valence-electron chi connectivity index (χ1n) is 7.18. The molecule has 0 atom stereocenters. The van der Waals surface area contributed by atoms with Crippen molar-refractivity contribution in [1.29, 1.82) is 0 Å². The Labute approximate surface area is 147 Å². The fraction of sp³-hybridized carbons (Fsp3) is 0.214. The minimum atomic E-state index is -4.78. The molecule has 3 N–H and O–H groups in total. The first kappa shape index (κ1) is 19.1. The Kier molecular flexibility index (Phi) is 5.72. The van der Waals surface area contributed by atoms with E-state index < -0.39 is 32.7 Å². The molecule has 0 fully saturated rings. The number of azide groups is 1. The normalized spacial score (nSPS) is 11.0. The molecule has 11 nitrogen and oxygen atoms in total. The zero-order valence-corrected chi connectivity index (χ0v) is 14.0. The van der Waals surface area contributed by atoms with Gasteiger partial charge in [-0.05, 0) is 23.9 Å². The first-order valence-corrected chi connectivity index (χ1v) is 8.62. The lowest BCUT2D eigenvalue weighted by Gasteiger charge is -2.07. The predicted molar refractivity (Wildman–Crippen MR) is 87.3 cm³/mol. The summed E-state index contributed by atoms with van der Waals surface area (Å²) in [5, 5.41) is 22.6. The van der Waals surface area contributed by atoms with Gasteiger partial charge in [0.2, 0.25) is 5.88 Å². The third kappa shape index (κ3) is 4.66. The maximum absolute atomic E-state index is 11.8. The molecule has 0 saturated carbocycles. The summed E-state index contributed by atoms with van der Waals surface area (Å²) in [7, 11) is -4.78. The Balaban J connectivity index is 1.93. The van der Waals surface area contributed by atoms with Crippen molar-refractivity contribution in [3.8, 4) is 11.8 Å². The van der Waals surface area contributed by atoms with E-state index in [0.29, 0.717) is 24.6 Å². The van der Waals surface area contributed by atoms with Gasteiger partial charge in [-0.2, -0.15) is 8.42 Å². The number of carbonyl (C=O) groups excluding carboxylic acids is 1. The van der Waals surface area contributed by atoms with Gasteiger partial charge in [-0.15, -0.1) is 4.73 Å². The Hall–Kier alpha value is -3.21. The second-order valence-corrected chi connectivity index (χ2v) is 6.52. The summed E-state index contributed by atoms with van der Waals surface area (Å²) < 4.78 is 31.1. The average molecular weight is 382 g/mol. The van der Waals surface area contributed by atoms with Gasteiger partial charge in [0.1, 0.15) is 0 Å². The van der Waals surface area contributed by atoms with Gasteiger partial charge in [0.15, 0.2) is 4.90 Å². The molecule has 0 radical (unpaired) electrons. The van der Waals surface area contributed by atoms with Crippen LogP contribution in [0.1, 0.15) is 18.4 Å². The van der Waals surface area contributed by atoms with E-state index in [9.17, 15) is 23.4 Å². The standard InChI is InChI=1S/C14H14N4O7S/c15-17-16-10-6-4-9(5-7-10)2-1-3-13(20)25-18-12(19)8-11(14(18)21)26(22,23)24/h4-8,19,21H,1-3H2,(H,22,23,24). The van der Waals surface area contributed by atoms with Crippen LogP contribution >= 0.6 is 0 Å². The summed E-state index contributed by atoms with van der Waals surface area (Å²) in [5.74, 6) is -2.82. The van der Waals surface area contributed by atoms with Gasteiger partial charge in [-0.3, -0.25) is 4.55 Å². The molecule has 0 aliphatic rings. The average Bonchev–Trinajstić information content (AvgIpc) is 2.85. The van der Waals surface area contributed by atoms with E-state index in [4.69, 9.17) is 10.1 Å². The van der Waals surface area contributed by atoms with Crippen molar-refractivity contribution >= 4 is 21.8 Å². The number of nitrogens with zero attached hydrogens (tertiary/aromatic N) is 4. The van der Waals surface area contributed by atoms with Gasteiger partial charge in [0, 0.05) is 23.1 Å². The van der Waals surface area contributed by atoms with Crippen LogP contribution in [0.15, 0.2) is 40.3 Å². The molecule has 26 heavy (non-hydrogen) atoms. The van der Waals surface area contributed by atoms with Crippen molar-refractivity contribution in [2.45, 2.75) is 24.2 Å². The lowest BCUT2D eigenvalue weighted by molar-refractivity contribution is -0.145. The molecule has 0 unspecified atom stereocenters. The molecule has 0 spiro atoms. The molecule has 1 aromatic heterocycles. The van der Waals surface area contributed by atoms with Crippen molar-refractivity contribution in [2.75, 3.05) is 0 Å². The Morgan fingerprint density at radius 1 is 1.27 bits per heavy atom. The molecule has 12 heteroatoms. The van der Waals surface area contributed by atoms with E-state index in [-0.39, 0.29) is 11.2 Å². The number of aromatic nitrogens is 1. The molecule has 0 aliphatic carbocycles. The van der Waals surface area contributed by atoms with Crippen LogP contribution in [0.2, 0.25) is 0 Å². The number of rotatable bonds is 7. The highest BCUT2D eigenvalue weighted by molar-refractivity contribution is 7.86. The summed E-state index contributed by atoms with van der Waals surface area (Å²) in [6, 6.07) is 7.26. The van der Waals surface area contributed by atoms with Crippen LogP contribution in [0.25, 0.3) is 10.4 Å². The molecule has 0 aliphatic heterocycles. The van der Waals surface area contributed by atoms with Gasteiger partial charge < -0.3 is 15.1 Å². The molecular formula is C14H14N4O7S. The number of hydrogen-bond donors (Lipinski definition) is 3. The molecule has 1 aromatic carbocycles. The van der Waals surface area contributed by atoms with Crippen LogP contribution in [0.4, 0.5) is 5.69 Å². The summed E-state index contributed by atoms with van der Waals surface area (Å²) in [5.41, 5.74) is 9.67. The zero-order valence-electron chi connectivity index (χ0n) is 13.2. The largest absolute Gasteiger partial charge is 0.492 e. The van der Waals surface area contributed by atoms with Crippen molar-refractivity contribution in [3.05, 3.63) is 46.3 Å². The maximum Gasteiger partial charge on any atom is 0.333 e. The van der Waals surface area contributed by atoms with Crippen LogP contribution < -0.4 is 4.84 Å². The van der Waals surface area contributed by atoms with Crippen LogP contribution in [-0.2, 0) is 21.3 Å². The molecule has 138 valence electrons. The summed E-state index contributed by atoms with van der Waals surface area (Å²) in [4.78, 5) is 18.1. The van der Waals surface area contributed by atoms with Crippen molar-refractivity contribution in [3.63, 3.8) is 0 Å². The SMILES string of the molecule is [N-]=[N+]=Nc1ccc(CCCC(=O)On2c(O)cc(S(=O)(=O)O)c2O)cc1. The molecule has 1 heterocycles. The van der Waals surface area contributed by atoms with Gasteiger partial charge >= 0.3 is 5.97 Å². The molecule has 0 bridgehead atoms. The fourth-order valence-corrected chi connectivity index (χ4v) is 2.66. The highest BCUT2D eigenvalue weighted by Crippen LogP contribution is 2.30. The van der Waals surface area contributed by atoms with Crippen molar-refractivity contribution < 1.29 is 32.8 Å². The Morgan fingerprint density at radius 2 is 1.92 bits per heavy atom. The van der Waals surface area contributed by atoms with Gasteiger partial charge in [0.25, 0.3) is 16.0 Å². The minimum Gasteiger partial charge on any atom is -0.492 e. The van der Waals surface area contributed by atoms with Gasteiger partial charge in [0.05, 0.1) is 0 Å². The molecule has 2 aromatic rings. The monoisotopic (exact) mass is 382 g/mol. The van der Waals surface area contributed by atoms with Crippen LogP contribution in [0.5, 0.6) is 11.8 Å².